The molecule has 0 aromatic heterocycles. The maximum Gasteiger partial charge on any atom is 0.337 e. The van der Waals surface area contributed by atoms with Crippen molar-refractivity contribution < 1.29 is 19.1 Å². The van der Waals surface area contributed by atoms with Crippen molar-refractivity contribution in [3.8, 4) is 5.75 Å². The Labute approximate surface area is 141 Å². The molecular weight excluding hydrogens is 364 g/mol. The summed E-state index contributed by atoms with van der Waals surface area (Å²) < 4.78 is 10.9. The Morgan fingerprint density at radius 2 is 1.87 bits per heavy atom. The summed E-state index contributed by atoms with van der Waals surface area (Å²) in [5, 5.41) is 2.69. The van der Waals surface area contributed by atoms with Crippen LogP contribution in [-0.2, 0) is 9.53 Å². The number of nitrogens with one attached hydrogen (secondary N) is 1. The Balaban J connectivity index is 1.98. The van der Waals surface area contributed by atoms with Crippen molar-refractivity contribution in [3.05, 3.63) is 52.5 Å². The lowest BCUT2D eigenvalue weighted by molar-refractivity contribution is -0.118. The second-order valence-electron chi connectivity index (χ2n) is 4.59. The molecule has 0 bridgehead atoms. The molecule has 6 nitrogen and oxygen atoms in total. The number of benzene rings is 2. The lowest BCUT2D eigenvalue weighted by atomic mass is 10.2. The van der Waals surface area contributed by atoms with E-state index in [1.165, 1.54) is 25.3 Å². The lowest BCUT2D eigenvalue weighted by Gasteiger charge is -2.10. The summed E-state index contributed by atoms with van der Waals surface area (Å²) in [4.78, 5) is 23.4. The molecular formula is C16H15BrN2O4. The van der Waals surface area contributed by atoms with E-state index in [0.717, 1.165) is 4.47 Å². The normalized spacial score (nSPS) is 10.0. The second kappa shape index (κ2) is 7.64. The number of carbonyl (C=O) groups excluding carboxylic acids is 2. The van der Waals surface area contributed by atoms with Crippen molar-refractivity contribution in [2.75, 3.05) is 24.8 Å². The zero-order chi connectivity index (χ0) is 16.8. The van der Waals surface area contributed by atoms with Gasteiger partial charge in [-0.1, -0.05) is 15.9 Å². The number of ether oxygens (including phenoxy) is 2. The molecule has 0 aliphatic heterocycles. The number of hydrogen-bond donors (Lipinski definition) is 2. The third-order valence-corrected chi connectivity index (χ3v) is 3.45. The third kappa shape index (κ3) is 4.72. The van der Waals surface area contributed by atoms with Gasteiger partial charge in [-0.15, -0.1) is 0 Å². The zero-order valence-corrected chi connectivity index (χ0v) is 13.9. The number of amides is 1. The van der Waals surface area contributed by atoms with Gasteiger partial charge in [0.1, 0.15) is 5.75 Å². The predicted molar refractivity (Wildman–Crippen MR) is 90.5 cm³/mol. The summed E-state index contributed by atoms with van der Waals surface area (Å²) in [5.41, 5.74) is 7.05. The van der Waals surface area contributed by atoms with Gasteiger partial charge >= 0.3 is 5.97 Å². The van der Waals surface area contributed by atoms with E-state index in [9.17, 15) is 9.59 Å². The fourth-order valence-corrected chi connectivity index (χ4v) is 2.04. The van der Waals surface area contributed by atoms with Crippen LogP contribution in [0.2, 0.25) is 0 Å². The van der Waals surface area contributed by atoms with Crippen molar-refractivity contribution >= 4 is 39.2 Å². The first-order valence-corrected chi connectivity index (χ1v) is 7.45. The van der Waals surface area contributed by atoms with Crippen LogP contribution in [0.1, 0.15) is 10.4 Å². The maximum atomic E-state index is 11.9. The molecule has 0 spiro atoms. The summed E-state index contributed by atoms with van der Waals surface area (Å²) >= 11 is 3.32. The van der Waals surface area contributed by atoms with Crippen LogP contribution < -0.4 is 15.8 Å². The van der Waals surface area contributed by atoms with Crippen LogP contribution in [-0.4, -0.2) is 25.6 Å². The Morgan fingerprint density at radius 1 is 1.17 bits per heavy atom. The Kier molecular flexibility index (Phi) is 5.59. The maximum absolute atomic E-state index is 11.9. The molecule has 2 aromatic rings. The molecule has 0 saturated carbocycles. The topological polar surface area (TPSA) is 90.7 Å². The molecule has 1 amide bonds. The van der Waals surface area contributed by atoms with E-state index >= 15 is 0 Å². The fourth-order valence-electron chi connectivity index (χ4n) is 1.78. The van der Waals surface area contributed by atoms with E-state index in [4.69, 9.17) is 10.5 Å². The highest BCUT2D eigenvalue weighted by atomic mass is 79.9. The second-order valence-corrected chi connectivity index (χ2v) is 5.50. The largest absolute Gasteiger partial charge is 0.482 e. The van der Waals surface area contributed by atoms with Gasteiger partial charge in [0.15, 0.2) is 6.61 Å². The van der Waals surface area contributed by atoms with E-state index in [1.54, 1.807) is 12.1 Å². The van der Waals surface area contributed by atoms with Gasteiger partial charge in [0.2, 0.25) is 0 Å². The molecule has 0 atom stereocenters. The van der Waals surface area contributed by atoms with Gasteiger partial charge < -0.3 is 20.5 Å². The standard InChI is InChI=1S/C16H15BrN2O4/c1-22-16(21)10-2-7-13(18)14(8-10)23-9-15(20)19-12-5-3-11(17)4-6-12/h2-8H,9,18H2,1H3,(H,19,20). The highest BCUT2D eigenvalue weighted by Gasteiger charge is 2.11. The smallest absolute Gasteiger partial charge is 0.337 e. The number of halogens is 1. The predicted octanol–water partition coefficient (Wildman–Crippen LogP) is 2.84. The fraction of sp³-hybridized carbons (Fsp3) is 0.125. The first kappa shape index (κ1) is 16.8. The molecule has 0 fully saturated rings. The van der Waals surface area contributed by atoms with Crippen molar-refractivity contribution in [3.63, 3.8) is 0 Å². The molecule has 7 heteroatoms. The van der Waals surface area contributed by atoms with Crippen LogP contribution in [0.5, 0.6) is 5.75 Å². The minimum absolute atomic E-state index is 0.231. The molecule has 23 heavy (non-hydrogen) atoms. The van der Waals surface area contributed by atoms with Gasteiger partial charge in [-0.05, 0) is 42.5 Å². The molecule has 0 aliphatic rings. The molecule has 2 rings (SSSR count). The number of esters is 1. The molecule has 0 unspecified atom stereocenters. The van der Waals surface area contributed by atoms with Gasteiger partial charge in [-0.25, -0.2) is 4.79 Å². The van der Waals surface area contributed by atoms with E-state index in [0.29, 0.717) is 16.9 Å². The Hall–Kier alpha value is -2.54. The number of rotatable bonds is 5. The van der Waals surface area contributed by atoms with Crippen molar-refractivity contribution in [2.45, 2.75) is 0 Å². The van der Waals surface area contributed by atoms with Crippen LogP contribution in [0.25, 0.3) is 0 Å². The third-order valence-electron chi connectivity index (χ3n) is 2.92. The summed E-state index contributed by atoms with van der Waals surface area (Å²) in [6.45, 7) is -0.231. The number of hydrogen-bond acceptors (Lipinski definition) is 5. The lowest BCUT2D eigenvalue weighted by Crippen LogP contribution is -2.20. The van der Waals surface area contributed by atoms with E-state index in [-0.39, 0.29) is 18.3 Å². The number of nitrogen functional groups attached to an aromatic ring is 1. The van der Waals surface area contributed by atoms with E-state index in [2.05, 4.69) is 26.0 Å². The van der Waals surface area contributed by atoms with Crippen LogP contribution in [0.4, 0.5) is 11.4 Å². The highest BCUT2D eigenvalue weighted by Crippen LogP contribution is 2.23. The van der Waals surface area contributed by atoms with Crippen LogP contribution in [0.15, 0.2) is 46.9 Å². The highest BCUT2D eigenvalue weighted by molar-refractivity contribution is 9.10. The quantitative estimate of drug-likeness (QED) is 0.616. The first-order chi connectivity index (χ1) is 11.0. The van der Waals surface area contributed by atoms with Crippen molar-refractivity contribution in [1.82, 2.24) is 0 Å². The number of anilines is 2. The zero-order valence-electron chi connectivity index (χ0n) is 12.3. The van der Waals surface area contributed by atoms with Crippen LogP contribution >= 0.6 is 15.9 Å². The number of carbonyl (C=O) groups is 2. The van der Waals surface area contributed by atoms with Crippen LogP contribution in [0.3, 0.4) is 0 Å². The Bertz CT molecular complexity index is 717. The van der Waals surface area contributed by atoms with Gasteiger partial charge in [-0.2, -0.15) is 0 Å². The van der Waals surface area contributed by atoms with E-state index in [1.807, 2.05) is 12.1 Å². The number of nitrogens with two attached hydrogens (primary N) is 1. The molecule has 120 valence electrons. The number of methoxy groups -OCH3 is 1. The summed E-state index contributed by atoms with van der Waals surface area (Å²) in [7, 11) is 1.28. The summed E-state index contributed by atoms with van der Waals surface area (Å²) in [6, 6.07) is 11.6. The van der Waals surface area contributed by atoms with Crippen molar-refractivity contribution in [1.29, 1.82) is 0 Å². The monoisotopic (exact) mass is 378 g/mol. The Morgan fingerprint density at radius 3 is 2.52 bits per heavy atom. The van der Waals surface area contributed by atoms with Gasteiger partial charge in [0.05, 0.1) is 18.4 Å². The van der Waals surface area contributed by atoms with Gasteiger partial charge in [-0.3, -0.25) is 4.79 Å². The van der Waals surface area contributed by atoms with Gasteiger partial charge in [0, 0.05) is 10.2 Å². The molecule has 3 N–H and O–H groups in total. The first-order valence-electron chi connectivity index (χ1n) is 6.65. The molecule has 0 heterocycles. The molecule has 0 saturated heterocycles. The van der Waals surface area contributed by atoms with Crippen molar-refractivity contribution in [2.24, 2.45) is 0 Å². The minimum atomic E-state index is -0.505. The summed E-state index contributed by atoms with van der Waals surface area (Å²) in [6.07, 6.45) is 0. The SMILES string of the molecule is COC(=O)c1ccc(N)c(OCC(=O)Nc2ccc(Br)cc2)c1. The average molecular weight is 379 g/mol. The minimum Gasteiger partial charge on any atom is -0.482 e. The molecule has 2 aromatic carbocycles. The van der Waals surface area contributed by atoms with Gasteiger partial charge in [0.25, 0.3) is 5.91 Å². The van der Waals surface area contributed by atoms with Crippen LogP contribution in [0, 0.1) is 0 Å². The average Bonchev–Trinajstić information content (AvgIpc) is 2.55. The van der Waals surface area contributed by atoms with E-state index < -0.39 is 5.97 Å². The molecule has 0 aliphatic carbocycles. The summed E-state index contributed by atoms with van der Waals surface area (Å²) in [5.74, 6) is -0.594. The molecule has 0 radical (unpaired) electrons.